The Bertz CT molecular complexity index is 861. The molecule has 0 saturated carbocycles. The van der Waals surface area contributed by atoms with E-state index in [1.54, 1.807) is 23.7 Å². The lowest BCUT2D eigenvalue weighted by Crippen LogP contribution is -2.17. The number of aliphatic hydroxyl groups is 1. The van der Waals surface area contributed by atoms with Gasteiger partial charge in [0.1, 0.15) is 0 Å². The third-order valence-corrected chi connectivity index (χ3v) is 3.73. The Labute approximate surface area is 150 Å². The van der Waals surface area contributed by atoms with Gasteiger partial charge in [0.2, 0.25) is 5.95 Å². The number of halogens is 1. The lowest BCUT2D eigenvalue weighted by atomic mass is 10.3. The molecule has 8 nitrogen and oxygen atoms in total. The molecule has 1 unspecified atom stereocenters. The first-order chi connectivity index (χ1) is 11.9. The number of anilines is 3. The molecule has 0 amide bonds. The second-order valence-corrected chi connectivity index (χ2v) is 6.49. The first kappa shape index (κ1) is 17.4. The summed E-state index contributed by atoms with van der Waals surface area (Å²) in [5.41, 5.74) is 2.02. The van der Waals surface area contributed by atoms with Crippen molar-refractivity contribution >= 4 is 40.2 Å². The lowest BCUT2D eigenvalue weighted by Gasteiger charge is -2.11. The quantitative estimate of drug-likeness (QED) is 0.620. The molecule has 1 aromatic carbocycles. The van der Waals surface area contributed by atoms with E-state index in [2.05, 4.69) is 30.9 Å². The Kier molecular flexibility index (Phi) is 5.00. The van der Waals surface area contributed by atoms with Crippen molar-refractivity contribution < 1.29 is 5.11 Å². The fourth-order valence-corrected chi connectivity index (χ4v) is 2.38. The number of fused-ring (bicyclic) bond motifs is 1. The molecule has 3 rings (SSSR count). The maximum Gasteiger partial charge on any atom is 0.226 e. The van der Waals surface area contributed by atoms with Gasteiger partial charge in [-0.1, -0.05) is 16.8 Å². The Morgan fingerprint density at radius 2 is 1.88 bits per heavy atom. The third kappa shape index (κ3) is 3.97. The van der Waals surface area contributed by atoms with Crippen LogP contribution in [-0.2, 0) is 0 Å². The fraction of sp³-hybridized carbons (Fsp3) is 0.375. The van der Waals surface area contributed by atoms with Gasteiger partial charge < -0.3 is 15.7 Å². The average molecular weight is 362 g/mol. The number of nitrogens with one attached hydrogen (secondary N) is 2. The van der Waals surface area contributed by atoms with E-state index < -0.39 is 6.10 Å². The first-order valence-corrected chi connectivity index (χ1v) is 8.39. The minimum Gasteiger partial charge on any atom is -0.392 e. The van der Waals surface area contributed by atoms with E-state index in [4.69, 9.17) is 11.6 Å². The van der Waals surface area contributed by atoms with Crippen molar-refractivity contribution in [3.05, 3.63) is 29.3 Å². The van der Waals surface area contributed by atoms with Gasteiger partial charge in [0, 0.05) is 17.3 Å². The average Bonchev–Trinajstić information content (AvgIpc) is 2.99. The number of aromatic nitrogens is 5. The predicted octanol–water partition coefficient (Wildman–Crippen LogP) is 2.99. The SMILES string of the molecule is CC(O)CNc1nc(Nc2ccc(Cl)cc2)c2nnn(C(C)C)c2n1. The highest BCUT2D eigenvalue weighted by molar-refractivity contribution is 6.30. The third-order valence-electron chi connectivity index (χ3n) is 3.48. The molecule has 0 bridgehead atoms. The van der Waals surface area contributed by atoms with Crippen LogP contribution in [0.1, 0.15) is 26.8 Å². The number of hydrogen-bond donors (Lipinski definition) is 3. The van der Waals surface area contributed by atoms with Gasteiger partial charge in [0.25, 0.3) is 0 Å². The van der Waals surface area contributed by atoms with Crippen molar-refractivity contribution in [2.24, 2.45) is 0 Å². The topological polar surface area (TPSA) is 101 Å². The molecule has 3 aromatic rings. The van der Waals surface area contributed by atoms with Crippen LogP contribution < -0.4 is 10.6 Å². The number of benzene rings is 1. The van der Waals surface area contributed by atoms with Crippen LogP contribution in [0.3, 0.4) is 0 Å². The fourth-order valence-electron chi connectivity index (χ4n) is 2.25. The van der Waals surface area contributed by atoms with Gasteiger partial charge in [-0.3, -0.25) is 0 Å². The highest BCUT2D eigenvalue weighted by atomic mass is 35.5. The molecule has 25 heavy (non-hydrogen) atoms. The number of hydrogen-bond acceptors (Lipinski definition) is 7. The number of aliphatic hydroxyl groups excluding tert-OH is 1. The zero-order chi connectivity index (χ0) is 18.0. The highest BCUT2D eigenvalue weighted by Crippen LogP contribution is 2.25. The van der Waals surface area contributed by atoms with Crippen LogP contribution in [0.2, 0.25) is 5.02 Å². The Hall–Kier alpha value is -2.45. The standard InChI is InChI=1S/C16H20ClN7O/c1-9(2)24-15-13(22-23-24)14(19-12-6-4-11(17)5-7-12)20-16(21-15)18-8-10(3)25/h4-7,9-10,25H,8H2,1-3H3,(H2,18,19,20,21). The molecule has 0 saturated heterocycles. The molecule has 9 heteroatoms. The maximum absolute atomic E-state index is 9.48. The van der Waals surface area contributed by atoms with E-state index >= 15 is 0 Å². The van der Waals surface area contributed by atoms with Crippen molar-refractivity contribution in [1.29, 1.82) is 0 Å². The minimum absolute atomic E-state index is 0.105. The van der Waals surface area contributed by atoms with Crippen LogP contribution in [0.5, 0.6) is 0 Å². The second-order valence-electron chi connectivity index (χ2n) is 6.06. The Morgan fingerprint density at radius 1 is 1.16 bits per heavy atom. The van der Waals surface area contributed by atoms with Crippen molar-refractivity contribution in [2.75, 3.05) is 17.2 Å². The van der Waals surface area contributed by atoms with Gasteiger partial charge in [0.05, 0.1) is 12.1 Å². The number of rotatable bonds is 6. The summed E-state index contributed by atoms with van der Waals surface area (Å²) in [5, 5.41) is 24.8. The van der Waals surface area contributed by atoms with Gasteiger partial charge >= 0.3 is 0 Å². The van der Waals surface area contributed by atoms with Crippen LogP contribution in [-0.4, -0.2) is 42.7 Å². The summed E-state index contributed by atoms with van der Waals surface area (Å²) < 4.78 is 1.73. The van der Waals surface area contributed by atoms with Crippen molar-refractivity contribution in [1.82, 2.24) is 25.0 Å². The summed E-state index contributed by atoms with van der Waals surface area (Å²) in [6, 6.07) is 7.39. The van der Waals surface area contributed by atoms with Gasteiger partial charge in [-0.05, 0) is 45.0 Å². The molecule has 0 fully saturated rings. The van der Waals surface area contributed by atoms with Gasteiger partial charge in [-0.15, -0.1) is 5.10 Å². The van der Waals surface area contributed by atoms with E-state index in [1.807, 2.05) is 26.0 Å². The molecule has 0 aliphatic carbocycles. The van der Waals surface area contributed by atoms with Crippen molar-refractivity contribution in [2.45, 2.75) is 32.9 Å². The van der Waals surface area contributed by atoms with Gasteiger partial charge in [-0.2, -0.15) is 9.97 Å². The first-order valence-electron chi connectivity index (χ1n) is 8.01. The molecule has 0 aliphatic rings. The zero-order valence-corrected chi connectivity index (χ0v) is 15.0. The van der Waals surface area contributed by atoms with E-state index in [9.17, 15) is 5.11 Å². The number of nitrogens with zero attached hydrogens (tertiary/aromatic N) is 5. The Morgan fingerprint density at radius 3 is 2.52 bits per heavy atom. The molecule has 132 valence electrons. The molecular formula is C16H20ClN7O. The van der Waals surface area contributed by atoms with Crippen LogP contribution in [0.4, 0.5) is 17.5 Å². The summed E-state index contributed by atoms with van der Waals surface area (Å²) in [7, 11) is 0. The Balaban J connectivity index is 2.03. The second kappa shape index (κ2) is 7.20. The molecule has 0 aliphatic heterocycles. The monoisotopic (exact) mass is 361 g/mol. The maximum atomic E-state index is 9.48. The van der Waals surface area contributed by atoms with Crippen molar-refractivity contribution in [3.63, 3.8) is 0 Å². The zero-order valence-electron chi connectivity index (χ0n) is 14.2. The van der Waals surface area contributed by atoms with E-state index in [-0.39, 0.29) is 6.04 Å². The molecule has 2 heterocycles. The van der Waals surface area contributed by atoms with E-state index in [0.717, 1.165) is 5.69 Å². The van der Waals surface area contributed by atoms with Crippen molar-refractivity contribution in [3.8, 4) is 0 Å². The summed E-state index contributed by atoms with van der Waals surface area (Å²) in [5.74, 6) is 0.932. The van der Waals surface area contributed by atoms with Crippen LogP contribution in [0, 0.1) is 0 Å². The lowest BCUT2D eigenvalue weighted by molar-refractivity contribution is 0.208. The van der Waals surface area contributed by atoms with Gasteiger partial charge in [-0.25, -0.2) is 4.68 Å². The molecule has 0 spiro atoms. The normalized spacial score (nSPS) is 12.6. The smallest absolute Gasteiger partial charge is 0.226 e. The van der Waals surface area contributed by atoms with Crippen LogP contribution >= 0.6 is 11.6 Å². The summed E-state index contributed by atoms with van der Waals surface area (Å²) >= 11 is 5.93. The molecule has 1 atom stereocenters. The largest absolute Gasteiger partial charge is 0.392 e. The predicted molar refractivity (Wildman–Crippen MR) is 98.4 cm³/mol. The molecule has 2 aromatic heterocycles. The van der Waals surface area contributed by atoms with E-state index in [0.29, 0.717) is 34.5 Å². The van der Waals surface area contributed by atoms with Crippen LogP contribution in [0.25, 0.3) is 11.2 Å². The summed E-state index contributed by atoms with van der Waals surface area (Å²) in [6.07, 6.45) is -0.514. The highest BCUT2D eigenvalue weighted by Gasteiger charge is 2.16. The molecule has 0 radical (unpaired) electrons. The summed E-state index contributed by atoms with van der Waals surface area (Å²) in [4.78, 5) is 8.96. The van der Waals surface area contributed by atoms with Gasteiger partial charge in [0.15, 0.2) is 17.0 Å². The molecule has 3 N–H and O–H groups in total. The molecular weight excluding hydrogens is 342 g/mol. The van der Waals surface area contributed by atoms with Crippen LogP contribution in [0.15, 0.2) is 24.3 Å². The van der Waals surface area contributed by atoms with E-state index in [1.165, 1.54) is 0 Å². The summed E-state index contributed by atoms with van der Waals surface area (Å²) in [6.45, 7) is 6.05. The minimum atomic E-state index is -0.514.